The molecular weight excluding hydrogens is 234 g/mol. The first-order valence-corrected chi connectivity index (χ1v) is 4.94. The molecule has 0 aliphatic carbocycles. The number of hydrogen-bond acceptors (Lipinski definition) is 3. The van der Waals surface area contributed by atoms with Crippen LogP contribution in [0, 0.1) is 0 Å². The second-order valence-corrected chi connectivity index (χ2v) is 3.73. The molecular formula is C9H10BrNO2. The van der Waals surface area contributed by atoms with Gasteiger partial charge in [-0.3, -0.25) is 0 Å². The van der Waals surface area contributed by atoms with Crippen LogP contribution in [0.1, 0.15) is 5.69 Å². The maximum Gasteiger partial charge on any atom is 0.106 e. The lowest BCUT2D eigenvalue weighted by Crippen LogP contribution is -2.35. The summed E-state index contributed by atoms with van der Waals surface area (Å²) >= 11 is 3.31. The van der Waals surface area contributed by atoms with E-state index in [9.17, 15) is 0 Å². The molecule has 0 amide bonds. The van der Waals surface area contributed by atoms with Crippen molar-refractivity contribution in [1.82, 2.24) is 4.98 Å². The number of ether oxygens (including phenoxy) is 2. The zero-order chi connectivity index (χ0) is 9.10. The number of nitrogens with zero attached hydrogens (tertiary/aromatic N) is 1. The fraction of sp³-hybridized carbons (Fsp3) is 0.444. The Bertz CT molecular complexity index is 289. The minimum absolute atomic E-state index is 0.265. The van der Waals surface area contributed by atoms with Crippen LogP contribution in [0.4, 0.5) is 0 Å². The van der Waals surface area contributed by atoms with Gasteiger partial charge in [-0.1, -0.05) is 6.07 Å². The molecule has 0 unspecified atom stereocenters. The van der Waals surface area contributed by atoms with Gasteiger partial charge in [-0.2, -0.15) is 0 Å². The van der Waals surface area contributed by atoms with Gasteiger partial charge in [-0.15, -0.1) is 0 Å². The Balaban J connectivity index is 1.86. The third-order valence-electron chi connectivity index (χ3n) is 1.85. The molecule has 0 radical (unpaired) electrons. The van der Waals surface area contributed by atoms with Crippen molar-refractivity contribution >= 4 is 15.9 Å². The fourth-order valence-corrected chi connectivity index (χ4v) is 1.42. The molecule has 0 aromatic carbocycles. The maximum atomic E-state index is 5.51. The molecule has 1 aliphatic rings. The van der Waals surface area contributed by atoms with E-state index in [4.69, 9.17) is 9.47 Å². The van der Waals surface area contributed by atoms with Crippen LogP contribution in [-0.4, -0.2) is 24.3 Å². The van der Waals surface area contributed by atoms with Crippen LogP contribution in [0.5, 0.6) is 0 Å². The van der Waals surface area contributed by atoms with Crippen LogP contribution >= 0.6 is 15.9 Å². The summed E-state index contributed by atoms with van der Waals surface area (Å²) < 4.78 is 11.3. The van der Waals surface area contributed by atoms with Crippen molar-refractivity contribution in [2.24, 2.45) is 0 Å². The summed E-state index contributed by atoms with van der Waals surface area (Å²) in [5, 5.41) is 0. The predicted octanol–water partition coefficient (Wildman–Crippen LogP) is 1.76. The Labute approximate surface area is 85.2 Å². The molecule has 1 aromatic rings. The van der Waals surface area contributed by atoms with Crippen molar-refractivity contribution in [1.29, 1.82) is 0 Å². The molecule has 2 rings (SSSR count). The number of aromatic nitrogens is 1. The van der Waals surface area contributed by atoms with Crippen molar-refractivity contribution in [3.63, 3.8) is 0 Å². The fourth-order valence-electron chi connectivity index (χ4n) is 1.04. The third kappa shape index (κ3) is 2.49. The highest BCUT2D eigenvalue weighted by molar-refractivity contribution is 9.10. The highest BCUT2D eigenvalue weighted by Crippen LogP contribution is 2.10. The van der Waals surface area contributed by atoms with E-state index >= 15 is 0 Å². The van der Waals surface area contributed by atoms with Crippen LogP contribution < -0.4 is 0 Å². The van der Waals surface area contributed by atoms with Gasteiger partial charge in [0.15, 0.2) is 0 Å². The summed E-state index contributed by atoms with van der Waals surface area (Å²) in [6.45, 7) is 2.00. The van der Waals surface area contributed by atoms with Gasteiger partial charge in [0.25, 0.3) is 0 Å². The summed E-state index contributed by atoms with van der Waals surface area (Å²) in [6, 6.07) is 5.80. The lowest BCUT2D eigenvalue weighted by atomic mass is 10.3. The summed E-state index contributed by atoms with van der Waals surface area (Å²) in [6.07, 6.45) is 0.265. The number of pyridine rings is 1. The molecule has 70 valence electrons. The Morgan fingerprint density at radius 2 is 2.38 bits per heavy atom. The van der Waals surface area contributed by atoms with Gasteiger partial charge in [0.05, 0.1) is 25.5 Å². The molecule has 0 atom stereocenters. The van der Waals surface area contributed by atoms with Crippen LogP contribution in [0.3, 0.4) is 0 Å². The summed E-state index contributed by atoms with van der Waals surface area (Å²) in [7, 11) is 0. The first-order valence-electron chi connectivity index (χ1n) is 4.15. The minimum atomic E-state index is 0.265. The van der Waals surface area contributed by atoms with Gasteiger partial charge < -0.3 is 9.47 Å². The SMILES string of the molecule is Brc1cccc(COC2COC2)n1. The molecule has 0 saturated carbocycles. The summed E-state index contributed by atoms with van der Waals surface area (Å²) in [4.78, 5) is 4.25. The third-order valence-corrected chi connectivity index (χ3v) is 2.29. The normalized spacial score (nSPS) is 17.0. The lowest BCUT2D eigenvalue weighted by Gasteiger charge is -2.25. The van der Waals surface area contributed by atoms with Gasteiger partial charge in [-0.05, 0) is 28.1 Å². The molecule has 0 N–H and O–H groups in total. The van der Waals surface area contributed by atoms with E-state index in [2.05, 4.69) is 20.9 Å². The summed E-state index contributed by atoms with van der Waals surface area (Å²) in [5.41, 5.74) is 0.946. The van der Waals surface area contributed by atoms with Crippen molar-refractivity contribution in [2.75, 3.05) is 13.2 Å². The van der Waals surface area contributed by atoms with E-state index in [1.54, 1.807) is 0 Å². The van der Waals surface area contributed by atoms with Crippen LogP contribution in [0.2, 0.25) is 0 Å². The lowest BCUT2D eigenvalue weighted by molar-refractivity contribution is -0.135. The zero-order valence-corrected chi connectivity index (χ0v) is 8.66. The van der Waals surface area contributed by atoms with Crippen LogP contribution in [0.15, 0.2) is 22.8 Å². The molecule has 2 heterocycles. The van der Waals surface area contributed by atoms with Gasteiger partial charge in [0.2, 0.25) is 0 Å². The molecule has 13 heavy (non-hydrogen) atoms. The monoisotopic (exact) mass is 243 g/mol. The molecule has 1 saturated heterocycles. The topological polar surface area (TPSA) is 31.4 Å². The number of hydrogen-bond donors (Lipinski definition) is 0. The molecule has 1 aromatic heterocycles. The zero-order valence-electron chi connectivity index (χ0n) is 7.07. The van der Waals surface area contributed by atoms with E-state index in [1.165, 1.54) is 0 Å². The first-order chi connectivity index (χ1) is 6.34. The Morgan fingerprint density at radius 1 is 1.54 bits per heavy atom. The molecule has 1 aliphatic heterocycles. The van der Waals surface area contributed by atoms with Crippen molar-refractivity contribution in [3.8, 4) is 0 Å². The average Bonchev–Trinajstić information content (AvgIpc) is 2.01. The van der Waals surface area contributed by atoms with Crippen molar-refractivity contribution in [3.05, 3.63) is 28.5 Å². The standard InChI is InChI=1S/C9H10BrNO2/c10-9-3-1-2-7(11-9)4-13-8-5-12-6-8/h1-3,8H,4-6H2. The Kier molecular flexibility index (Phi) is 2.93. The van der Waals surface area contributed by atoms with E-state index < -0.39 is 0 Å². The van der Waals surface area contributed by atoms with Crippen molar-refractivity contribution in [2.45, 2.75) is 12.7 Å². The predicted molar refractivity (Wildman–Crippen MR) is 51.3 cm³/mol. The maximum absolute atomic E-state index is 5.51. The van der Waals surface area contributed by atoms with E-state index in [-0.39, 0.29) is 6.10 Å². The van der Waals surface area contributed by atoms with Gasteiger partial charge in [0.1, 0.15) is 10.7 Å². The smallest absolute Gasteiger partial charge is 0.106 e. The van der Waals surface area contributed by atoms with Gasteiger partial charge in [0, 0.05) is 0 Å². The minimum Gasteiger partial charge on any atom is -0.376 e. The number of halogens is 1. The average molecular weight is 244 g/mol. The Morgan fingerprint density at radius 3 is 3.00 bits per heavy atom. The highest BCUT2D eigenvalue weighted by Gasteiger charge is 2.18. The first kappa shape index (κ1) is 9.12. The molecule has 0 bridgehead atoms. The second-order valence-electron chi connectivity index (χ2n) is 2.92. The Hall–Kier alpha value is -0.450. The van der Waals surface area contributed by atoms with Gasteiger partial charge >= 0.3 is 0 Å². The molecule has 0 spiro atoms. The molecule has 1 fully saturated rings. The number of rotatable bonds is 3. The van der Waals surface area contributed by atoms with Gasteiger partial charge in [-0.25, -0.2) is 4.98 Å². The van der Waals surface area contributed by atoms with Crippen molar-refractivity contribution < 1.29 is 9.47 Å². The van der Waals surface area contributed by atoms with Crippen LogP contribution in [0.25, 0.3) is 0 Å². The summed E-state index contributed by atoms with van der Waals surface area (Å²) in [5.74, 6) is 0. The van der Waals surface area contributed by atoms with E-state index in [1.807, 2.05) is 18.2 Å². The van der Waals surface area contributed by atoms with E-state index in [0.717, 1.165) is 10.3 Å². The second kappa shape index (κ2) is 4.17. The quantitative estimate of drug-likeness (QED) is 0.759. The molecule has 3 nitrogen and oxygen atoms in total. The highest BCUT2D eigenvalue weighted by atomic mass is 79.9. The molecule has 4 heteroatoms. The van der Waals surface area contributed by atoms with E-state index in [0.29, 0.717) is 19.8 Å². The van der Waals surface area contributed by atoms with Crippen LogP contribution in [-0.2, 0) is 16.1 Å². The largest absolute Gasteiger partial charge is 0.376 e.